The summed E-state index contributed by atoms with van der Waals surface area (Å²) >= 11 is 0. The van der Waals surface area contributed by atoms with Crippen molar-refractivity contribution in [3.05, 3.63) is 29.3 Å². The van der Waals surface area contributed by atoms with Gasteiger partial charge in [-0.3, -0.25) is 4.90 Å². The van der Waals surface area contributed by atoms with E-state index < -0.39 is 0 Å². The quantitative estimate of drug-likeness (QED) is 0.862. The van der Waals surface area contributed by atoms with Gasteiger partial charge < -0.3 is 10.0 Å². The molecule has 0 bridgehead atoms. The SMILES string of the molecule is Cc1ccc(N2CCN(CCO)CC2)c(C#N)c1. The molecule has 2 rings (SSSR count). The third-order valence-electron chi connectivity index (χ3n) is 3.40. The zero-order chi connectivity index (χ0) is 13.0. The van der Waals surface area contributed by atoms with Crippen LogP contribution in [0.25, 0.3) is 0 Å². The maximum atomic E-state index is 9.19. The summed E-state index contributed by atoms with van der Waals surface area (Å²) < 4.78 is 0. The molecule has 0 unspecified atom stereocenters. The molecule has 4 heteroatoms. The first-order valence-electron chi connectivity index (χ1n) is 6.33. The van der Waals surface area contributed by atoms with E-state index in [0.717, 1.165) is 49.5 Å². The number of nitriles is 1. The van der Waals surface area contributed by atoms with Gasteiger partial charge in [0.1, 0.15) is 6.07 Å². The first kappa shape index (κ1) is 12.9. The summed E-state index contributed by atoms with van der Waals surface area (Å²) in [5.41, 5.74) is 2.91. The standard InChI is InChI=1S/C14H19N3O/c1-12-2-3-14(13(10-12)11-15)17-6-4-16(5-7-17)8-9-18/h2-3,10,18H,4-9H2,1H3. The molecule has 1 aliphatic rings. The second-order valence-corrected chi connectivity index (χ2v) is 4.68. The number of hydrogen-bond donors (Lipinski definition) is 1. The van der Waals surface area contributed by atoms with E-state index in [1.54, 1.807) is 0 Å². The molecule has 0 radical (unpaired) electrons. The van der Waals surface area contributed by atoms with Crippen LogP contribution in [0.4, 0.5) is 5.69 Å². The van der Waals surface area contributed by atoms with Crippen molar-refractivity contribution < 1.29 is 5.11 Å². The van der Waals surface area contributed by atoms with Gasteiger partial charge in [0.15, 0.2) is 0 Å². The molecular formula is C14H19N3O. The lowest BCUT2D eigenvalue weighted by Gasteiger charge is -2.36. The Kier molecular flexibility index (Phi) is 4.19. The van der Waals surface area contributed by atoms with Crippen molar-refractivity contribution in [3.63, 3.8) is 0 Å². The molecule has 4 nitrogen and oxygen atoms in total. The van der Waals surface area contributed by atoms with Gasteiger partial charge in [0, 0.05) is 32.7 Å². The zero-order valence-corrected chi connectivity index (χ0v) is 10.8. The van der Waals surface area contributed by atoms with Gasteiger partial charge >= 0.3 is 0 Å². The third kappa shape index (κ3) is 2.81. The number of aliphatic hydroxyl groups is 1. The molecule has 1 aliphatic heterocycles. The first-order valence-corrected chi connectivity index (χ1v) is 6.33. The molecule has 1 fully saturated rings. The predicted octanol–water partition coefficient (Wildman–Crippen LogP) is 0.981. The number of benzene rings is 1. The molecule has 0 aliphatic carbocycles. The van der Waals surface area contributed by atoms with E-state index in [1.165, 1.54) is 0 Å². The van der Waals surface area contributed by atoms with Crippen molar-refractivity contribution >= 4 is 5.69 Å². The summed E-state index contributed by atoms with van der Waals surface area (Å²) in [6.07, 6.45) is 0. The topological polar surface area (TPSA) is 50.5 Å². The number of piperazine rings is 1. The Labute approximate surface area is 108 Å². The second kappa shape index (κ2) is 5.85. The Morgan fingerprint density at radius 3 is 2.61 bits per heavy atom. The molecule has 0 saturated carbocycles. The summed E-state index contributed by atoms with van der Waals surface area (Å²) in [7, 11) is 0. The maximum absolute atomic E-state index is 9.19. The average Bonchev–Trinajstić information content (AvgIpc) is 2.40. The van der Waals surface area contributed by atoms with E-state index in [9.17, 15) is 5.26 Å². The molecule has 1 aromatic rings. The van der Waals surface area contributed by atoms with Gasteiger partial charge in [-0.25, -0.2) is 0 Å². The maximum Gasteiger partial charge on any atom is 0.101 e. The fourth-order valence-corrected chi connectivity index (χ4v) is 2.37. The van der Waals surface area contributed by atoms with Gasteiger partial charge in [-0.15, -0.1) is 0 Å². The normalized spacial score (nSPS) is 16.6. The number of aryl methyl sites for hydroxylation is 1. The summed E-state index contributed by atoms with van der Waals surface area (Å²) in [5, 5.41) is 18.1. The van der Waals surface area contributed by atoms with Crippen LogP contribution >= 0.6 is 0 Å². The number of rotatable bonds is 3. The van der Waals surface area contributed by atoms with Gasteiger partial charge in [-0.05, 0) is 24.6 Å². The van der Waals surface area contributed by atoms with Gasteiger partial charge in [-0.2, -0.15) is 5.26 Å². The van der Waals surface area contributed by atoms with Gasteiger partial charge in [-0.1, -0.05) is 6.07 Å². The van der Waals surface area contributed by atoms with Crippen LogP contribution in [-0.4, -0.2) is 49.3 Å². The molecule has 1 heterocycles. The number of anilines is 1. The van der Waals surface area contributed by atoms with E-state index in [4.69, 9.17) is 5.11 Å². The van der Waals surface area contributed by atoms with Crippen molar-refractivity contribution in [3.8, 4) is 6.07 Å². The van der Waals surface area contributed by atoms with Crippen molar-refractivity contribution in [2.75, 3.05) is 44.2 Å². The van der Waals surface area contributed by atoms with Crippen LogP contribution in [-0.2, 0) is 0 Å². The first-order chi connectivity index (χ1) is 8.74. The highest BCUT2D eigenvalue weighted by atomic mass is 16.3. The number of β-amino-alcohol motifs (C(OH)–C–C–N with tert-alkyl or cyclic N) is 1. The summed E-state index contributed by atoms with van der Waals surface area (Å²) in [6.45, 7) is 6.68. The lowest BCUT2D eigenvalue weighted by Crippen LogP contribution is -2.47. The molecule has 1 N–H and O–H groups in total. The van der Waals surface area contributed by atoms with Crippen molar-refractivity contribution in [1.29, 1.82) is 5.26 Å². The monoisotopic (exact) mass is 245 g/mol. The van der Waals surface area contributed by atoms with E-state index in [-0.39, 0.29) is 6.61 Å². The molecule has 1 saturated heterocycles. The largest absolute Gasteiger partial charge is 0.395 e. The highest BCUT2D eigenvalue weighted by Gasteiger charge is 2.18. The Balaban J connectivity index is 2.08. The molecule has 0 amide bonds. The van der Waals surface area contributed by atoms with Gasteiger partial charge in [0.05, 0.1) is 17.9 Å². The van der Waals surface area contributed by atoms with Crippen LogP contribution in [0.2, 0.25) is 0 Å². The van der Waals surface area contributed by atoms with Crippen molar-refractivity contribution in [2.24, 2.45) is 0 Å². The molecule has 96 valence electrons. The Morgan fingerprint density at radius 1 is 1.28 bits per heavy atom. The number of hydrogen-bond acceptors (Lipinski definition) is 4. The van der Waals surface area contributed by atoms with Crippen molar-refractivity contribution in [2.45, 2.75) is 6.92 Å². The van der Waals surface area contributed by atoms with E-state index >= 15 is 0 Å². The predicted molar refractivity (Wildman–Crippen MR) is 71.6 cm³/mol. The zero-order valence-electron chi connectivity index (χ0n) is 10.8. The summed E-state index contributed by atoms with van der Waals surface area (Å²) in [5.74, 6) is 0. The summed E-state index contributed by atoms with van der Waals surface area (Å²) in [4.78, 5) is 4.50. The highest BCUT2D eigenvalue weighted by molar-refractivity contribution is 5.60. The lowest BCUT2D eigenvalue weighted by atomic mass is 10.1. The van der Waals surface area contributed by atoms with Crippen LogP contribution in [0.5, 0.6) is 0 Å². The number of aliphatic hydroxyl groups excluding tert-OH is 1. The minimum absolute atomic E-state index is 0.216. The minimum atomic E-state index is 0.216. The van der Waals surface area contributed by atoms with Crippen LogP contribution in [0.3, 0.4) is 0 Å². The summed E-state index contributed by atoms with van der Waals surface area (Å²) in [6, 6.07) is 8.30. The smallest absolute Gasteiger partial charge is 0.101 e. The van der Waals surface area contributed by atoms with Gasteiger partial charge in [0.25, 0.3) is 0 Å². The second-order valence-electron chi connectivity index (χ2n) is 4.68. The highest BCUT2D eigenvalue weighted by Crippen LogP contribution is 2.22. The fourth-order valence-electron chi connectivity index (χ4n) is 2.37. The van der Waals surface area contributed by atoms with E-state index in [2.05, 4.69) is 21.9 Å². The number of nitrogens with zero attached hydrogens (tertiary/aromatic N) is 3. The molecule has 18 heavy (non-hydrogen) atoms. The molecule has 0 spiro atoms. The molecular weight excluding hydrogens is 226 g/mol. The van der Waals surface area contributed by atoms with Crippen LogP contribution in [0.1, 0.15) is 11.1 Å². The van der Waals surface area contributed by atoms with Crippen LogP contribution in [0, 0.1) is 18.3 Å². The average molecular weight is 245 g/mol. The van der Waals surface area contributed by atoms with Crippen molar-refractivity contribution in [1.82, 2.24) is 4.90 Å². The Bertz CT molecular complexity index is 445. The lowest BCUT2D eigenvalue weighted by molar-refractivity contribution is 0.189. The van der Waals surface area contributed by atoms with Crippen LogP contribution in [0.15, 0.2) is 18.2 Å². The van der Waals surface area contributed by atoms with Crippen LogP contribution < -0.4 is 4.90 Å². The third-order valence-corrected chi connectivity index (χ3v) is 3.40. The minimum Gasteiger partial charge on any atom is -0.395 e. The van der Waals surface area contributed by atoms with E-state index in [1.807, 2.05) is 19.1 Å². The molecule has 0 aromatic heterocycles. The molecule has 1 aromatic carbocycles. The Hall–Kier alpha value is -1.57. The Morgan fingerprint density at radius 2 is 2.00 bits per heavy atom. The fraction of sp³-hybridized carbons (Fsp3) is 0.500. The van der Waals surface area contributed by atoms with Gasteiger partial charge in [0.2, 0.25) is 0 Å². The van der Waals surface area contributed by atoms with E-state index in [0.29, 0.717) is 0 Å². The molecule has 0 atom stereocenters.